The minimum atomic E-state index is -0.286. The lowest BCUT2D eigenvalue weighted by atomic mass is 10.1. The van der Waals surface area contributed by atoms with E-state index in [-0.39, 0.29) is 17.8 Å². The van der Waals surface area contributed by atoms with E-state index < -0.39 is 0 Å². The van der Waals surface area contributed by atoms with Crippen LogP contribution in [0.4, 0.5) is 4.39 Å². The van der Waals surface area contributed by atoms with E-state index in [4.69, 9.17) is 0 Å². The van der Waals surface area contributed by atoms with Gasteiger partial charge in [0.2, 0.25) is 0 Å². The predicted molar refractivity (Wildman–Crippen MR) is 75.0 cm³/mol. The number of carbonyl (C=O) groups is 1. The fourth-order valence-corrected chi connectivity index (χ4v) is 2.21. The van der Waals surface area contributed by atoms with Crippen LogP contribution in [0.5, 0.6) is 0 Å². The van der Waals surface area contributed by atoms with Crippen LogP contribution in [0.2, 0.25) is 0 Å². The van der Waals surface area contributed by atoms with Gasteiger partial charge in [0.1, 0.15) is 5.82 Å². The molecule has 0 saturated heterocycles. The summed E-state index contributed by atoms with van der Waals surface area (Å²) in [6.07, 6.45) is 0. The van der Waals surface area contributed by atoms with Gasteiger partial charge < -0.3 is 5.32 Å². The SMILES string of the molecule is Cc1nn(C)c(C)c1C(=O)N[C@@H](C)c1ccc(F)cc1. The van der Waals surface area contributed by atoms with E-state index in [1.54, 1.807) is 16.8 Å². The van der Waals surface area contributed by atoms with Crippen molar-refractivity contribution >= 4 is 5.91 Å². The molecule has 0 unspecified atom stereocenters. The first-order valence-corrected chi connectivity index (χ1v) is 6.46. The normalized spacial score (nSPS) is 12.2. The first-order chi connectivity index (χ1) is 9.40. The second-order valence-corrected chi connectivity index (χ2v) is 4.92. The fourth-order valence-electron chi connectivity index (χ4n) is 2.21. The average molecular weight is 275 g/mol. The molecule has 1 atom stereocenters. The zero-order chi connectivity index (χ0) is 14.9. The van der Waals surface area contributed by atoms with Crippen LogP contribution in [-0.2, 0) is 7.05 Å². The molecule has 0 bridgehead atoms. The van der Waals surface area contributed by atoms with Crippen LogP contribution in [0.15, 0.2) is 24.3 Å². The molecule has 0 fully saturated rings. The number of rotatable bonds is 3. The molecule has 0 spiro atoms. The zero-order valence-corrected chi connectivity index (χ0v) is 12.1. The minimum absolute atomic E-state index is 0.162. The number of halogens is 1. The summed E-state index contributed by atoms with van der Waals surface area (Å²) in [5.74, 6) is -0.448. The molecule has 1 N–H and O–H groups in total. The third kappa shape index (κ3) is 2.71. The van der Waals surface area contributed by atoms with Crippen LogP contribution < -0.4 is 5.32 Å². The number of carbonyl (C=O) groups excluding carboxylic acids is 1. The lowest BCUT2D eigenvalue weighted by molar-refractivity contribution is 0.0938. The van der Waals surface area contributed by atoms with Gasteiger partial charge in [-0.3, -0.25) is 9.48 Å². The topological polar surface area (TPSA) is 46.9 Å². The Kier molecular flexibility index (Phi) is 3.88. The highest BCUT2D eigenvalue weighted by molar-refractivity contribution is 5.96. The van der Waals surface area contributed by atoms with Crippen molar-refractivity contribution < 1.29 is 9.18 Å². The Hall–Kier alpha value is -2.17. The van der Waals surface area contributed by atoms with E-state index in [0.29, 0.717) is 11.3 Å². The summed E-state index contributed by atoms with van der Waals surface area (Å²) in [6, 6.07) is 5.92. The molecule has 0 aliphatic carbocycles. The molecule has 4 nitrogen and oxygen atoms in total. The molecule has 20 heavy (non-hydrogen) atoms. The van der Waals surface area contributed by atoms with Gasteiger partial charge in [-0.2, -0.15) is 5.10 Å². The summed E-state index contributed by atoms with van der Waals surface area (Å²) in [5, 5.41) is 7.14. The highest BCUT2D eigenvalue weighted by Crippen LogP contribution is 2.16. The molecule has 2 aromatic rings. The number of nitrogens with one attached hydrogen (secondary N) is 1. The number of aryl methyl sites for hydroxylation is 2. The summed E-state index contributed by atoms with van der Waals surface area (Å²) in [7, 11) is 1.81. The van der Waals surface area contributed by atoms with Gasteiger partial charge >= 0.3 is 0 Å². The molecule has 1 heterocycles. The van der Waals surface area contributed by atoms with Gasteiger partial charge in [0.25, 0.3) is 5.91 Å². The van der Waals surface area contributed by atoms with E-state index in [9.17, 15) is 9.18 Å². The average Bonchev–Trinajstić information content (AvgIpc) is 2.63. The number of nitrogens with zero attached hydrogens (tertiary/aromatic N) is 2. The quantitative estimate of drug-likeness (QED) is 0.936. The lowest BCUT2D eigenvalue weighted by Gasteiger charge is -2.14. The van der Waals surface area contributed by atoms with E-state index in [1.807, 2.05) is 27.8 Å². The van der Waals surface area contributed by atoms with Gasteiger partial charge in [-0.05, 0) is 38.5 Å². The number of hydrogen-bond donors (Lipinski definition) is 1. The largest absolute Gasteiger partial charge is 0.345 e. The van der Waals surface area contributed by atoms with Crippen LogP contribution in [0.25, 0.3) is 0 Å². The maximum Gasteiger partial charge on any atom is 0.255 e. The van der Waals surface area contributed by atoms with Crippen LogP contribution in [0, 0.1) is 19.7 Å². The second kappa shape index (κ2) is 5.45. The van der Waals surface area contributed by atoms with Gasteiger partial charge in [-0.15, -0.1) is 0 Å². The van der Waals surface area contributed by atoms with Crippen molar-refractivity contribution in [3.05, 3.63) is 52.6 Å². The maximum absolute atomic E-state index is 12.9. The summed E-state index contributed by atoms with van der Waals surface area (Å²) < 4.78 is 14.6. The van der Waals surface area contributed by atoms with Crippen molar-refractivity contribution in [1.82, 2.24) is 15.1 Å². The molecule has 1 aromatic heterocycles. The van der Waals surface area contributed by atoms with Gasteiger partial charge in [-0.1, -0.05) is 12.1 Å². The van der Waals surface area contributed by atoms with Gasteiger partial charge in [0, 0.05) is 12.7 Å². The molecule has 1 aromatic carbocycles. The Bertz CT molecular complexity index is 631. The van der Waals surface area contributed by atoms with Crippen LogP contribution in [-0.4, -0.2) is 15.7 Å². The van der Waals surface area contributed by atoms with Crippen LogP contribution in [0.3, 0.4) is 0 Å². The Morgan fingerprint density at radius 1 is 1.30 bits per heavy atom. The minimum Gasteiger partial charge on any atom is -0.345 e. The molecule has 0 saturated carbocycles. The summed E-state index contributed by atoms with van der Waals surface area (Å²) in [5.41, 5.74) is 2.99. The number of amides is 1. The van der Waals surface area contributed by atoms with Gasteiger partial charge in [-0.25, -0.2) is 4.39 Å². The summed E-state index contributed by atoms with van der Waals surface area (Å²) >= 11 is 0. The van der Waals surface area contributed by atoms with Crippen LogP contribution >= 0.6 is 0 Å². The Balaban J connectivity index is 2.17. The highest BCUT2D eigenvalue weighted by Gasteiger charge is 2.19. The Morgan fingerprint density at radius 2 is 1.90 bits per heavy atom. The van der Waals surface area contributed by atoms with Crippen LogP contribution in [0.1, 0.15) is 40.3 Å². The molecule has 106 valence electrons. The highest BCUT2D eigenvalue weighted by atomic mass is 19.1. The number of benzene rings is 1. The van der Waals surface area contributed by atoms with Crippen molar-refractivity contribution in [1.29, 1.82) is 0 Å². The van der Waals surface area contributed by atoms with Crippen molar-refractivity contribution in [2.75, 3.05) is 0 Å². The number of hydrogen-bond acceptors (Lipinski definition) is 2. The number of aromatic nitrogens is 2. The third-order valence-electron chi connectivity index (χ3n) is 3.45. The molecular formula is C15H18FN3O. The predicted octanol–water partition coefficient (Wildman–Crippen LogP) is 2.67. The third-order valence-corrected chi connectivity index (χ3v) is 3.45. The lowest BCUT2D eigenvalue weighted by Crippen LogP contribution is -2.27. The van der Waals surface area contributed by atoms with Gasteiger partial charge in [0.15, 0.2) is 0 Å². The summed E-state index contributed by atoms with van der Waals surface area (Å²) in [6.45, 7) is 5.54. The molecular weight excluding hydrogens is 257 g/mol. The maximum atomic E-state index is 12.9. The van der Waals surface area contributed by atoms with E-state index in [1.165, 1.54) is 12.1 Å². The molecule has 0 aliphatic heterocycles. The summed E-state index contributed by atoms with van der Waals surface area (Å²) in [4.78, 5) is 12.3. The smallest absolute Gasteiger partial charge is 0.255 e. The Morgan fingerprint density at radius 3 is 2.40 bits per heavy atom. The standard InChI is InChI=1S/C15H18FN3O/c1-9(12-5-7-13(16)8-6-12)17-15(20)14-10(2)18-19(4)11(14)3/h5-9H,1-4H3,(H,17,20)/t9-/m0/s1. The molecule has 0 aliphatic rings. The molecule has 0 radical (unpaired) electrons. The monoisotopic (exact) mass is 275 g/mol. The fraction of sp³-hybridized carbons (Fsp3) is 0.333. The van der Waals surface area contributed by atoms with E-state index in [0.717, 1.165) is 11.3 Å². The van der Waals surface area contributed by atoms with E-state index >= 15 is 0 Å². The van der Waals surface area contributed by atoms with Crippen molar-refractivity contribution in [2.24, 2.45) is 7.05 Å². The first kappa shape index (κ1) is 14.2. The molecule has 2 rings (SSSR count). The van der Waals surface area contributed by atoms with Crippen molar-refractivity contribution in [2.45, 2.75) is 26.8 Å². The second-order valence-electron chi connectivity index (χ2n) is 4.92. The first-order valence-electron chi connectivity index (χ1n) is 6.46. The zero-order valence-electron chi connectivity index (χ0n) is 12.1. The molecule has 5 heteroatoms. The molecule has 1 amide bonds. The van der Waals surface area contributed by atoms with Gasteiger partial charge in [0.05, 0.1) is 17.3 Å². The Labute approximate surface area is 117 Å². The van der Waals surface area contributed by atoms with Crippen molar-refractivity contribution in [3.63, 3.8) is 0 Å². The van der Waals surface area contributed by atoms with Crippen molar-refractivity contribution in [3.8, 4) is 0 Å². The van der Waals surface area contributed by atoms with E-state index in [2.05, 4.69) is 10.4 Å².